The molecule has 0 atom stereocenters. The Morgan fingerprint density at radius 3 is 2.72 bits per heavy atom. The van der Waals surface area contributed by atoms with Gasteiger partial charge in [0.05, 0.1) is 5.52 Å². The van der Waals surface area contributed by atoms with Gasteiger partial charge in [-0.1, -0.05) is 18.2 Å². The molecule has 0 unspecified atom stereocenters. The normalized spacial score (nSPS) is 10.7. The van der Waals surface area contributed by atoms with E-state index in [0.29, 0.717) is 11.3 Å². The second-order valence-electron chi connectivity index (χ2n) is 4.04. The Balaban J connectivity index is 2.21. The van der Waals surface area contributed by atoms with Gasteiger partial charge < -0.3 is 0 Å². The molecular formula is C14H11N3O. The maximum absolute atomic E-state index is 12.5. The molecule has 2 heterocycles. The van der Waals surface area contributed by atoms with Crippen LogP contribution in [0.2, 0.25) is 0 Å². The second kappa shape index (κ2) is 4.07. The van der Waals surface area contributed by atoms with Gasteiger partial charge in [-0.05, 0) is 18.2 Å². The molecule has 0 spiro atoms. The highest BCUT2D eigenvalue weighted by atomic mass is 16.1. The van der Waals surface area contributed by atoms with Crippen molar-refractivity contribution in [3.63, 3.8) is 0 Å². The molecule has 0 aliphatic heterocycles. The predicted octanol–water partition coefficient (Wildman–Crippen LogP) is 2.20. The third kappa shape index (κ3) is 1.59. The van der Waals surface area contributed by atoms with E-state index in [9.17, 15) is 4.79 Å². The number of rotatable bonds is 2. The number of aromatic nitrogens is 3. The van der Waals surface area contributed by atoms with Crippen LogP contribution in [-0.2, 0) is 7.05 Å². The van der Waals surface area contributed by atoms with Crippen LogP contribution in [0.25, 0.3) is 10.9 Å². The lowest BCUT2D eigenvalue weighted by molar-refractivity contribution is 0.103. The fraction of sp³-hybridized carbons (Fsp3) is 0.0714. The maximum Gasteiger partial charge on any atom is 0.211 e. The van der Waals surface area contributed by atoms with Gasteiger partial charge in [-0.25, -0.2) is 0 Å². The van der Waals surface area contributed by atoms with Crippen molar-refractivity contribution in [3.05, 3.63) is 60.0 Å². The first-order valence-electron chi connectivity index (χ1n) is 5.64. The molecule has 0 fully saturated rings. The Bertz CT molecular complexity index is 725. The van der Waals surface area contributed by atoms with Crippen LogP contribution in [0.3, 0.4) is 0 Å². The number of nitrogens with zero attached hydrogens (tertiary/aromatic N) is 3. The van der Waals surface area contributed by atoms with E-state index in [-0.39, 0.29) is 5.78 Å². The summed E-state index contributed by atoms with van der Waals surface area (Å²) >= 11 is 0. The standard InChI is InChI=1S/C14H11N3O/c1-17-13(7-9-16-17)14(18)11-6-8-15-12-5-3-2-4-10(11)12/h2-9H,1H3. The van der Waals surface area contributed by atoms with Gasteiger partial charge in [-0.2, -0.15) is 5.10 Å². The zero-order valence-corrected chi connectivity index (χ0v) is 9.87. The molecule has 0 N–H and O–H groups in total. The number of benzene rings is 1. The lowest BCUT2D eigenvalue weighted by Gasteiger charge is -2.05. The van der Waals surface area contributed by atoms with E-state index in [2.05, 4.69) is 10.1 Å². The third-order valence-electron chi connectivity index (χ3n) is 2.95. The maximum atomic E-state index is 12.5. The summed E-state index contributed by atoms with van der Waals surface area (Å²) in [5.74, 6) is -0.0337. The largest absolute Gasteiger partial charge is 0.287 e. The van der Waals surface area contributed by atoms with Crippen LogP contribution in [0, 0.1) is 0 Å². The van der Waals surface area contributed by atoms with Gasteiger partial charge in [0.2, 0.25) is 5.78 Å². The molecule has 4 heteroatoms. The Hall–Kier alpha value is -2.49. The summed E-state index contributed by atoms with van der Waals surface area (Å²) in [7, 11) is 1.76. The molecule has 4 nitrogen and oxygen atoms in total. The minimum absolute atomic E-state index is 0.0337. The van der Waals surface area contributed by atoms with Crippen LogP contribution in [-0.4, -0.2) is 20.5 Å². The van der Waals surface area contributed by atoms with Gasteiger partial charge in [0.25, 0.3) is 0 Å². The van der Waals surface area contributed by atoms with Crippen LogP contribution in [0.5, 0.6) is 0 Å². The predicted molar refractivity (Wildman–Crippen MR) is 68.4 cm³/mol. The van der Waals surface area contributed by atoms with Crippen molar-refractivity contribution >= 4 is 16.7 Å². The third-order valence-corrected chi connectivity index (χ3v) is 2.95. The van der Waals surface area contributed by atoms with Crippen LogP contribution in [0.1, 0.15) is 16.1 Å². The first kappa shape index (κ1) is 10.7. The quantitative estimate of drug-likeness (QED) is 0.642. The molecule has 88 valence electrons. The van der Waals surface area contributed by atoms with Crippen molar-refractivity contribution < 1.29 is 4.79 Å². The van der Waals surface area contributed by atoms with Crippen LogP contribution in [0.4, 0.5) is 0 Å². The van der Waals surface area contributed by atoms with Crippen molar-refractivity contribution in [2.75, 3.05) is 0 Å². The van der Waals surface area contributed by atoms with E-state index in [0.717, 1.165) is 10.9 Å². The van der Waals surface area contributed by atoms with Crippen molar-refractivity contribution in [1.29, 1.82) is 0 Å². The van der Waals surface area contributed by atoms with Crippen molar-refractivity contribution in [3.8, 4) is 0 Å². The Labute approximate surface area is 104 Å². The highest BCUT2D eigenvalue weighted by Crippen LogP contribution is 2.19. The second-order valence-corrected chi connectivity index (χ2v) is 4.04. The fourth-order valence-corrected chi connectivity index (χ4v) is 2.03. The summed E-state index contributed by atoms with van der Waals surface area (Å²) in [5, 5.41) is 4.89. The number of carbonyl (C=O) groups excluding carboxylic acids is 1. The average molecular weight is 237 g/mol. The van der Waals surface area contributed by atoms with Gasteiger partial charge in [0.15, 0.2) is 0 Å². The minimum Gasteiger partial charge on any atom is -0.287 e. The minimum atomic E-state index is -0.0337. The number of fused-ring (bicyclic) bond motifs is 1. The van der Waals surface area contributed by atoms with Gasteiger partial charge in [-0.3, -0.25) is 14.5 Å². The summed E-state index contributed by atoms with van der Waals surface area (Å²) < 4.78 is 1.58. The van der Waals surface area contributed by atoms with Crippen molar-refractivity contribution in [2.45, 2.75) is 0 Å². The SMILES string of the molecule is Cn1nccc1C(=O)c1ccnc2ccccc12. The Kier molecular flexibility index (Phi) is 2.41. The van der Waals surface area contributed by atoms with Crippen molar-refractivity contribution in [2.24, 2.45) is 7.05 Å². The lowest BCUT2D eigenvalue weighted by atomic mass is 10.0. The van der Waals surface area contributed by atoms with E-state index < -0.39 is 0 Å². The van der Waals surface area contributed by atoms with Gasteiger partial charge in [-0.15, -0.1) is 0 Å². The number of pyridine rings is 1. The number of ketones is 1. The molecule has 3 rings (SSSR count). The highest BCUT2D eigenvalue weighted by molar-refractivity contribution is 6.15. The first-order valence-corrected chi connectivity index (χ1v) is 5.64. The molecular weight excluding hydrogens is 226 g/mol. The molecule has 3 aromatic rings. The molecule has 0 aliphatic carbocycles. The van der Waals surface area contributed by atoms with E-state index in [1.807, 2.05) is 24.3 Å². The van der Waals surface area contributed by atoms with E-state index in [4.69, 9.17) is 0 Å². The topological polar surface area (TPSA) is 47.8 Å². The Morgan fingerprint density at radius 1 is 1.11 bits per heavy atom. The smallest absolute Gasteiger partial charge is 0.211 e. The van der Waals surface area contributed by atoms with Gasteiger partial charge in [0.1, 0.15) is 5.69 Å². The monoisotopic (exact) mass is 237 g/mol. The molecule has 0 saturated carbocycles. The first-order chi connectivity index (χ1) is 8.77. The fourth-order valence-electron chi connectivity index (χ4n) is 2.03. The molecule has 0 bridgehead atoms. The summed E-state index contributed by atoms with van der Waals surface area (Å²) in [6.07, 6.45) is 3.28. The molecule has 0 saturated heterocycles. The van der Waals surface area contributed by atoms with Gasteiger partial charge >= 0.3 is 0 Å². The van der Waals surface area contributed by atoms with E-state index >= 15 is 0 Å². The lowest BCUT2D eigenvalue weighted by Crippen LogP contribution is -2.08. The molecule has 0 radical (unpaired) electrons. The van der Waals surface area contributed by atoms with E-state index in [1.54, 1.807) is 36.3 Å². The van der Waals surface area contributed by atoms with Crippen LogP contribution >= 0.6 is 0 Å². The number of hydrogen-bond acceptors (Lipinski definition) is 3. The zero-order valence-electron chi connectivity index (χ0n) is 9.87. The highest BCUT2D eigenvalue weighted by Gasteiger charge is 2.15. The molecule has 0 aliphatic rings. The molecule has 18 heavy (non-hydrogen) atoms. The number of carbonyl (C=O) groups is 1. The summed E-state index contributed by atoms with van der Waals surface area (Å²) in [6, 6.07) is 11.1. The number of aryl methyl sites for hydroxylation is 1. The van der Waals surface area contributed by atoms with Gasteiger partial charge in [0, 0.05) is 30.4 Å². The summed E-state index contributed by atoms with van der Waals surface area (Å²) in [6.45, 7) is 0. The average Bonchev–Trinajstić information content (AvgIpc) is 2.83. The molecule has 2 aromatic heterocycles. The molecule has 1 aromatic carbocycles. The van der Waals surface area contributed by atoms with Crippen LogP contribution in [0.15, 0.2) is 48.8 Å². The summed E-state index contributed by atoms with van der Waals surface area (Å²) in [4.78, 5) is 16.7. The number of hydrogen-bond donors (Lipinski definition) is 0. The van der Waals surface area contributed by atoms with E-state index in [1.165, 1.54) is 0 Å². The van der Waals surface area contributed by atoms with Crippen molar-refractivity contribution in [1.82, 2.24) is 14.8 Å². The Morgan fingerprint density at radius 2 is 1.94 bits per heavy atom. The van der Waals surface area contributed by atoms with Crippen LogP contribution < -0.4 is 0 Å². The zero-order chi connectivity index (χ0) is 12.5. The summed E-state index contributed by atoms with van der Waals surface area (Å²) in [5.41, 5.74) is 2.06. The number of para-hydroxylation sites is 1. The molecule has 0 amide bonds.